The van der Waals surface area contributed by atoms with E-state index in [9.17, 15) is 9.59 Å². The summed E-state index contributed by atoms with van der Waals surface area (Å²) in [6.07, 6.45) is 0.206. The molecule has 0 aromatic heterocycles. The van der Waals surface area contributed by atoms with E-state index in [0.717, 1.165) is 10.5 Å². The molecule has 4 nitrogen and oxygen atoms in total. The SMILES string of the molecule is CCN(C(N)=O)C(=O)Cc1ccccc1. The van der Waals surface area contributed by atoms with Gasteiger partial charge < -0.3 is 5.73 Å². The Bertz CT molecular complexity index is 349. The maximum Gasteiger partial charge on any atom is 0.321 e. The minimum absolute atomic E-state index is 0.206. The summed E-state index contributed by atoms with van der Waals surface area (Å²) >= 11 is 0. The van der Waals surface area contributed by atoms with Crippen molar-refractivity contribution < 1.29 is 9.59 Å². The maximum atomic E-state index is 11.6. The van der Waals surface area contributed by atoms with E-state index in [1.807, 2.05) is 30.3 Å². The summed E-state index contributed by atoms with van der Waals surface area (Å²) in [4.78, 5) is 23.5. The number of primary amides is 1. The van der Waals surface area contributed by atoms with Crippen LogP contribution in [0.2, 0.25) is 0 Å². The van der Waals surface area contributed by atoms with Crippen molar-refractivity contribution in [2.24, 2.45) is 5.73 Å². The van der Waals surface area contributed by atoms with E-state index in [1.165, 1.54) is 0 Å². The summed E-state index contributed by atoms with van der Waals surface area (Å²) in [5.41, 5.74) is 5.94. The van der Waals surface area contributed by atoms with Crippen LogP contribution in [-0.2, 0) is 11.2 Å². The molecule has 0 aliphatic heterocycles. The number of nitrogens with two attached hydrogens (primary N) is 1. The standard InChI is InChI=1S/C11H14N2O2/c1-2-13(11(12)15)10(14)8-9-6-4-3-5-7-9/h3-7H,2,8H2,1H3,(H2,12,15). The third-order valence-corrected chi connectivity index (χ3v) is 2.08. The van der Waals surface area contributed by atoms with E-state index >= 15 is 0 Å². The molecule has 0 aliphatic rings. The van der Waals surface area contributed by atoms with Gasteiger partial charge in [0.05, 0.1) is 6.42 Å². The molecule has 80 valence electrons. The molecule has 3 amide bonds. The lowest BCUT2D eigenvalue weighted by Crippen LogP contribution is -2.41. The van der Waals surface area contributed by atoms with E-state index in [2.05, 4.69) is 0 Å². The number of nitrogens with zero attached hydrogens (tertiary/aromatic N) is 1. The van der Waals surface area contributed by atoms with Gasteiger partial charge in [-0.1, -0.05) is 30.3 Å². The second-order valence-corrected chi connectivity index (χ2v) is 3.14. The number of carbonyl (C=O) groups is 2. The predicted octanol–water partition coefficient (Wildman–Crippen LogP) is 1.16. The van der Waals surface area contributed by atoms with Crippen LogP contribution >= 0.6 is 0 Å². The molecule has 1 rings (SSSR count). The van der Waals surface area contributed by atoms with Crippen LogP contribution in [0.3, 0.4) is 0 Å². The van der Waals surface area contributed by atoms with Crippen molar-refractivity contribution in [1.82, 2.24) is 4.90 Å². The summed E-state index contributed by atoms with van der Waals surface area (Å²) in [7, 11) is 0. The Kier molecular flexibility index (Phi) is 3.85. The lowest BCUT2D eigenvalue weighted by molar-refractivity contribution is -0.127. The topological polar surface area (TPSA) is 63.4 Å². The normalized spacial score (nSPS) is 9.67. The van der Waals surface area contributed by atoms with E-state index in [1.54, 1.807) is 6.92 Å². The Morgan fingerprint density at radius 2 is 1.87 bits per heavy atom. The molecule has 0 saturated carbocycles. The first-order valence-corrected chi connectivity index (χ1v) is 4.79. The number of likely N-dealkylation sites (N-methyl/N-ethyl adjacent to an activating group) is 1. The smallest absolute Gasteiger partial charge is 0.321 e. The molecule has 0 fully saturated rings. The summed E-state index contributed by atoms with van der Waals surface area (Å²) in [5, 5.41) is 0. The summed E-state index contributed by atoms with van der Waals surface area (Å²) < 4.78 is 0. The Labute approximate surface area is 88.7 Å². The minimum Gasteiger partial charge on any atom is -0.351 e. The molecule has 0 heterocycles. The Balaban J connectivity index is 2.66. The van der Waals surface area contributed by atoms with Crippen LogP contribution in [0.1, 0.15) is 12.5 Å². The monoisotopic (exact) mass is 206 g/mol. The number of urea groups is 1. The van der Waals surface area contributed by atoms with E-state index in [4.69, 9.17) is 5.73 Å². The molecule has 0 bridgehead atoms. The van der Waals surface area contributed by atoms with Crippen LogP contribution in [0.15, 0.2) is 30.3 Å². The molecule has 0 radical (unpaired) electrons. The number of rotatable bonds is 3. The van der Waals surface area contributed by atoms with E-state index in [-0.39, 0.29) is 12.3 Å². The number of carbonyl (C=O) groups excluding carboxylic acids is 2. The first-order chi connectivity index (χ1) is 7.15. The lowest BCUT2D eigenvalue weighted by atomic mass is 10.1. The maximum absolute atomic E-state index is 11.6. The van der Waals surface area contributed by atoms with Gasteiger partial charge in [0.1, 0.15) is 0 Å². The van der Waals surface area contributed by atoms with Gasteiger partial charge in [0.15, 0.2) is 0 Å². The van der Waals surface area contributed by atoms with Crippen molar-refractivity contribution in [2.45, 2.75) is 13.3 Å². The van der Waals surface area contributed by atoms with Crippen molar-refractivity contribution in [3.05, 3.63) is 35.9 Å². The summed E-state index contributed by atoms with van der Waals surface area (Å²) in [6.45, 7) is 2.02. The number of hydrogen-bond donors (Lipinski definition) is 1. The van der Waals surface area contributed by atoms with Crippen molar-refractivity contribution in [1.29, 1.82) is 0 Å². The van der Waals surface area contributed by atoms with Gasteiger partial charge in [-0.25, -0.2) is 4.79 Å². The van der Waals surface area contributed by atoms with Crippen LogP contribution < -0.4 is 5.73 Å². The van der Waals surface area contributed by atoms with Gasteiger partial charge in [0.25, 0.3) is 0 Å². The predicted molar refractivity (Wildman–Crippen MR) is 57.1 cm³/mol. The van der Waals surface area contributed by atoms with Gasteiger partial charge in [0.2, 0.25) is 5.91 Å². The molecule has 15 heavy (non-hydrogen) atoms. The van der Waals surface area contributed by atoms with Crippen LogP contribution in [0.25, 0.3) is 0 Å². The van der Waals surface area contributed by atoms with Crippen LogP contribution in [0.4, 0.5) is 4.79 Å². The van der Waals surface area contributed by atoms with Crippen LogP contribution in [0.5, 0.6) is 0 Å². The molecule has 0 spiro atoms. The summed E-state index contributed by atoms with van der Waals surface area (Å²) in [5.74, 6) is -0.267. The fourth-order valence-corrected chi connectivity index (χ4v) is 1.32. The molecule has 4 heteroatoms. The molecular formula is C11H14N2O2. The average Bonchev–Trinajstić information content (AvgIpc) is 2.19. The molecule has 1 aromatic rings. The van der Waals surface area contributed by atoms with Crippen molar-refractivity contribution in [3.63, 3.8) is 0 Å². The molecular weight excluding hydrogens is 192 g/mol. The Hall–Kier alpha value is -1.84. The molecule has 0 unspecified atom stereocenters. The van der Waals surface area contributed by atoms with Crippen molar-refractivity contribution in [2.75, 3.05) is 6.54 Å². The van der Waals surface area contributed by atoms with Gasteiger partial charge in [-0.05, 0) is 12.5 Å². The highest BCUT2D eigenvalue weighted by atomic mass is 16.2. The van der Waals surface area contributed by atoms with Gasteiger partial charge in [-0.15, -0.1) is 0 Å². The molecule has 1 aromatic carbocycles. The zero-order valence-electron chi connectivity index (χ0n) is 8.64. The highest BCUT2D eigenvalue weighted by Crippen LogP contribution is 2.02. The zero-order chi connectivity index (χ0) is 11.3. The first-order valence-electron chi connectivity index (χ1n) is 4.79. The molecule has 0 aliphatic carbocycles. The minimum atomic E-state index is -0.696. The zero-order valence-corrected chi connectivity index (χ0v) is 8.64. The molecule has 2 N–H and O–H groups in total. The highest BCUT2D eigenvalue weighted by Gasteiger charge is 2.16. The Morgan fingerprint density at radius 1 is 1.27 bits per heavy atom. The third kappa shape index (κ3) is 3.09. The lowest BCUT2D eigenvalue weighted by Gasteiger charge is -2.15. The van der Waals surface area contributed by atoms with Gasteiger partial charge in [-0.3, -0.25) is 9.69 Å². The van der Waals surface area contributed by atoms with Gasteiger partial charge >= 0.3 is 6.03 Å². The van der Waals surface area contributed by atoms with Crippen LogP contribution in [0, 0.1) is 0 Å². The van der Waals surface area contributed by atoms with E-state index < -0.39 is 6.03 Å². The number of amides is 3. The number of imide groups is 1. The first kappa shape index (κ1) is 11.2. The fourth-order valence-electron chi connectivity index (χ4n) is 1.32. The quantitative estimate of drug-likeness (QED) is 0.806. The van der Waals surface area contributed by atoms with Crippen LogP contribution in [-0.4, -0.2) is 23.4 Å². The Morgan fingerprint density at radius 3 is 2.33 bits per heavy atom. The number of hydrogen-bond acceptors (Lipinski definition) is 2. The largest absolute Gasteiger partial charge is 0.351 e. The van der Waals surface area contributed by atoms with Crippen molar-refractivity contribution >= 4 is 11.9 Å². The molecule has 0 atom stereocenters. The highest BCUT2D eigenvalue weighted by molar-refractivity contribution is 5.94. The number of benzene rings is 1. The van der Waals surface area contributed by atoms with Crippen molar-refractivity contribution in [3.8, 4) is 0 Å². The van der Waals surface area contributed by atoms with E-state index in [0.29, 0.717) is 6.54 Å². The van der Waals surface area contributed by atoms with Gasteiger partial charge in [-0.2, -0.15) is 0 Å². The summed E-state index contributed by atoms with van der Waals surface area (Å²) in [6, 6.07) is 8.56. The second-order valence-electron chi connectivity index (χ2n) is 3.14. The third-order valence-electron chi connectivity index (χ3n) is 2.08. The molecule has 0 saturated heterocycles. The second kappa shape index (κ2) is 5.14. The fraction of sp³-hybridized carbons (Fsp3) is 0.273. The van der Waals surface area contributed by atoms with Gasteiger partial charge in [0, 0.05) is 6.54 Å². The average molecular weight is 206 g/mol.